The molecule has 0 fully saturated rings. The SMILES string of the molecule is COc1ccc([C@H]2C=C(c3ccc(Cl)cc3)Nc3nc(NC(=O)C=Cc4ccccc4Cl)nn32)cc1. The number of benzene rings is 3. The number of hydrogen-bond donors (Lipinski definition) is 2. The minimum atomic E-state index is -0.371. The Hall–Kier alpha value is -4.07. The van der Waals surface area contributed by atoms with Crippen LogP contribution in [0.2, 0.25) is 10.0 Å². The van der Waals surface area contributed by atoms with Crippen LogP contribution in [-0.2, 0) is 4.79 Å². The number of rotatable bonds is 6. The number of carbonyl (C=O) groups is 1. The molecule has 0 saturated carbocycles. The van der Waals surface area contributed by atoms with Crippen LogP contribution in [0.5, 0.6) is 5.75 Å². The van der Waals surface area contributed by atoms with E-state index in [2.05, 4.69) is 26.8 Å². The maximum atomic E-state index is 12.6. The molecule has 2 N–H and O–H groups in total. The van der Waals surface area contributed by atoms with E-state index in [9.17, 15) is 4.79 Å². The van der Waals surface area contributed by atoms with Gasteiger partial charge in [-0.05, 0) is 59.2 Å². The van der Waals surface area contributed by atoms with Gasteiger partial charge >= 0.3 is 0 Å². The zero-order chi connectivity index (χ0) is 25.1. The summed E-state index contributed by atoms with van der Waals surface area (Å²) in [6.07, 6.45) is 5.09. The monoisotopic (exact) mass is 517 g/mol. The smallest absolute Gasteiger partial charge is 0.250 e. The van der Waals surface area contributed by atoms with Gasteiger partial charge in [0.1, 0.15) is 11.8 Å². The lowest BCUT2D eigenvalue weighted by molar-refractivity contribution is -0.111. The van der Waals surface area contributed by atoms with Crippen LogP contribution >= 0.6 is 23.2 Å². The molecule has 36 heavy (non-hydrogen) atoms. The van der Waals surface area contributed by atoms with Crippen molar-refractivity contribution in [3.8, 4) is 5.75 Å². The van der Waals surface area contributed by atoms with Crippen LogP contribution in [-0.4, -0.2) is 27.8 Å². The second kappa shape index (κ2) is 10.3. The van der Waals surface area contributed by atoms with Gasteiger partial charge in [0.25, 0.3) is 11.9 Å². The largest absolute Gasteiger partial charge is 0.497 e. The van der Waals surface area contributed by atoms with Crippen molar-refractivity contribution in [3.05, 3.63) is 112 Å². The van der Waals surface area contributed by atoms with Gasteiger partial charge in [-0.1, -0.05) is 65.7 Å². The van der Waals surface area contributed by atoms with E-state index >= 15 is 0 Å². The normalized spacial score (nSPS) is 14.6. The number of carbonyl (C=O) groups excluding carboxylic acids is 1. The number of halogens is 2. The Morgan fingerprint density at radius 3 is 2.53 bits per heavy atom. The number of nitrogens with one attached hydrogen (secondary N) is 2. The van der Waals surface area contributed by atoms with Crippen LogP contribution in [0.3, 0.4) is 0 Å². The quantitative estimate of drug-likeness (QED) is 0.293. The molecule has 0 bridgehead atoms. The molecule has 0 radical (unpaired) electrons. The molecule has 180 valence electrons. The van der Waals surface area contributed by atoms with Gasteiger partial charge in [-0.3, -0.25) is 10.1 Å². The highest BCUT2D eigenvalue weighted by Gasteiger charge is 2.25. The van der Waals surface area contributed by atoms with Crippen LogP contribution in [0.4, 0.5) is 11.9 Å². The topological polar surface area (TPSA) is 81.1 Å². The Balaban J connectivity index is 1.44. The van der Waals surface area contributed by atoms with Crippen molar-refractivity contribution < 1.29 is 9.53 Å². The Labute approximate surface area is 218 Å². The fourth-order valence-electron chi connectivity index (χ4n) is 3.81. The third-order valence-corrected chi connectivity index (χ3v) is 6.23. The van der Waals surface area contributed by atoms with Crippen molar-refractivity contribution in [1.82, 2.24) is 14.8 Å². The highest BCUT2D eigenvalue weighted by molar-refractivity contribution is 6.32. The highest BCUT2D eigenvalue weighted by atomic mass is 35.5. The maximum Gasteiger partial charge on any atom is 0.250 e. The van der Waals surface area contributed by atoms with E-state index in [-0.39, 0.29) is 17.9 Å². The number of nitrogens with zero attached hydrogens (tertiary/aromatic N) is 3. The van der Waals surface area contributed by atoms with Gasteiger partial charge in [0.05, 0.1) is 7.11 Å². The third-order valence-electron chi connectivity index (χ3n) is 5.63. The first-order chi connectivity index (χ1) is 17.5. The molecule has 0 spiro atoms. The van der Waals surface area contributed by atoms with Crippen molar-refractivity contribution in [2.24, 2.45) is 0 Å². The Bertz CT molecular complexity index is 1460. The molecule has 0 unspecified atom stereocenters. The summed E-state index contributed by atoms with van der Waals surface area (Å²) in [6.45, 7) is 0. The molecular weight excluding hydrogens is 497 g/mol. The van der Waals surface area contributed by atoms with Gasteiger partial charge in [0.15, 0.2) is 0 Å². The zero-order valence-corrected chi connectivity index (χ0v) is 20.7. The van der Waals surface area contributed by atoms with Crippen molar-refractivity contribution in [2.45, 2.75) is 6.04 Å². The lowest BCUT2D eigenvalue weighted by atomic mass is 10.0. The van der Waals surface area contributed by atoms with Crippen molar-refractivity contribution in [2.75, 3.05) is 17.7 Å². The lowest BCUT2D eigenvalue weighted by Gasteiger charge is -2.24. The second-order valence-electron chi connectivity index (χ2n) is 7.98. The van der Waals surface area contributed by atoms with E-state index in [4.69, 9.17) is 27.9 Å². The predicted molar refractivity (Wildman–Crippen MR) is 143 cm³/mol. The number of hydrogen-bond acceptors (Lipinski definition) is 5. The molecule has 5 rings (SSSR count). The molecule has 1 aliphatic rings. The highest BCUT2D eigenvalue weighted by Crippen LogP contribution is 2.34. The number of anilines is 2. The molecule has 0 aliphatic carbocycles. The zero-order valence-electron chi connectivity index (χ0n) is 19.2. The summed E-state index contributed by atoms with van der Waals surface area (Å²) in [5.74, 6) is 1.06. The summed E-state index contributed by atoms with van der Waals surface area (Å²) in [5, 5.41) is 11.8. The van der Waals surface area contributed by atoms with Gasteiger partial charge in [-0.25, -0.2) is 4.68 Å². The fourth-order valence-corrected chi connectivity index (χ4v) is 4.13. The molecule has 1 atom stereocenters. The lowest BCUT2D eigenvalue weighted by Crippen LogP contribution is -2.20. The Morgan fingerprint density at radius 2 is 1.81 bits per heavy atom. The molecule has 4 aromatic rings. The Kier molecular flexibility index (Phi) is 6.75. The van der Waals surface area contributed by atoms with Crippen LogP contribution < -0.4 is 15.4 Å². The van der Waals surface area contributed by atoms with Crippen LogP contribution in [0, 0.1) is 0 Å². The molecule has 9 heteroatoms. The Morgan fingerprint density at radius 1 is 1.06 bits per heavy atom. The van der Waals surface area contributed by atoms with Gasteiger partial charge in [-0.2, -0.15) is 4.98 Å². The standard InChI is InChI=1S/C27H21Cl2N5O2/c1-36-21-13-8-19(9-14-21)24-16-23(18-6-11-20(28)12-7-18)30-27-32-26(33-34(24)27)31-25(35)15-10-17-4-2-3-5-22(17)29/h2-16,24H,1H3,(H2,30,31,32,33,35)/t24-/m1/s1. The second-order valence-corrected chi connectivity index (χ2v) is 8.82. The van der Waals surface area contributed by atoms with Crippen LogP contribution in [0.25, 0.3) is 11.8 Å². The van der Waals surface area contributed by atoms with Crippen LogP contribution in [0.15, 0.2) is 84.9 Å². The predicted octanol–water partition coefficient (Wildman–Crippen LogP) is 6.30. The minimum Gasteiger partial charge on any atom is -0.497 e. The van der Waals surface area contributed by atoms with Crippen molar-refractivity contribution in [1.29, 1.82) is 0 Å². The fraction of sp³-hybridized carbons (Fsp3) is 0.0741. The van der Waals surface area contributed by atoms with E-state index in [0.29, 0.717) is 16.0 Å². The van der Waals surface area contributed by atoms with Crippen molar-refractivity contribution in [3.63, 3.8) is 0 Å². The average Bonchev–Trinajstić information content (AvgIpc) is 3.30. The molecule has 7 nitrogen and oxygen atoms in total. The maximum absolute atomic E-state index is 12.6. The first-order valence-corrected chi connectivity index (χ1v) is 11.8. The number of amides is 1. The van der Waals surface area contributed by atoms with Crippen molar-refractivity contribution >= 4 is 52.8 Å². The molecule has 3 aromatic carbocycles. The summed E-state index contributed by atoms with van der Waals surface area (Å²) in [6, 6.07) is 22.3. The van der Waals surface area contributed by atoms with Crippen LogP contribution in [0.1, 0.15) is 22.7 Å². The van der Waals surface area contributed by atoms with Gasteiger partial charge in [0, 0.05) is 21.8 Å². The van der Waals surface area contributed by atoms with Gasteiger partial charge < -0.3 is 10.1 Å². The summed E-state index contributed by atoms with van der Waals surface area (Å²) in [7, 11) is 1.63. The molecule has 0 saturated heterocycles. The molecular formula is C27H21Cl2N5O2. The molecule has 2 heterocycles. The number of fused-ring (bicyclic) bond motifs is 1. The molecule has 1 aromatic heterocycles. The minimum absolute atomic E-state index is 0.176. The molecule has 1 aliphatic heterocycles. The van der Waals surface area contributed by atoms with Gasteiger partial charge in [0.2, 0.25) is 5.95 Å². The number of allylic oxidation sites excluding steroid dienone is 1. The summed E-state index contributed by atoms with van der Waals surface area (Å²) < 4.78 is 7.03. The summed E-state index contributed by atoms with van der Waals surface area (Å²) in [4.78, 5) is 17.1. The molecule has 1 amide bonds. The first kappa shape index (κ1) is 23.7. The first-order valence-electron chi connectivity index (χ1n) is 11.1. The van der Waals surface area contributed by atoms with E-state index in [1.165, 1.54) is 6.08 Å². The number of methoxy groups -OCH3 is 1. The van der Waals surface area contributed by atoms with Gasteiger partial charge in [-0.15, -0.1) is 5.10 Å². The number of aromatic nitrogens is 3. The van der Waals surface area contributed by atoms with E-state index in [1.807, 2.05) is 66.7 Å². The average molecular weight is 518 g/mol. The number of ether oxygens (including phenoxy) is 1. The summed E-state index contributed by atoms with van der Waals surface area (Å²) >= 11 is 12.2. The van der Waals surface area contributed by atoms with E-state index in [1.54, 1.807) is 23.9 Å². The summed E-state index contributed by atoms with van der Waals surface area (Å²) in [5.41, 5.74) is 3.51. The van der Waals surface area contributed by atoms with E-state index in [0.717, 1.165) is 28.1 Å². The third kappa shape index (κ3) is 5.12. The van der Waals surface area contributed by atoms with E-state index < -0.39 is 0 Å².